The zero-order valence-corrected chi connectivity index (χ0v) is 11.9. The fourth-order valence-corrected chi connectivity index (χ4v) is 3.25. The van der Waals surface area contributed by atoms with Crippen LogP contribution in [0.5, 0.6) is 0 Å². The van der Waals surface area contributed by atoms with Gasteiger partial charge in [0.1, 0.15) is 5.02 Å². The van der Waals surface area contributed by atoms with Crippen molar-refractivity contribution in [1.29, 1.82) is 0 Å². The third kappa shape index (κ3) is 3.68. The van der Waals surface area contributed by atoms with Gasteiger partial charge in [-0.2, -0.15) is 0 Å². The Morgan fingerprint density at radius 2 is 2.21 bits per heavy atom. The molecule has 0 atom stereocenters. The van der Waals surface area contributed by atoms with Crippen molar-refractivity contribution in [3.05, 3.63) is 39.3 Å². The molecule has 104 valence electrons. The summed E-state index contributed by atoms with van der Waals surface area (Å²) in [6, 6.07) is 1.15. The van der Waals surface area contributed by atoms with Gasteiger partial charge in [0, 0.05) is 12.7 Å². The average Bonchev–Trinajstić information content (AvgIpc) is 2.85. The van der Waals surface area contributed by atoms with Crippen LogP contribution in [-0.2, 0) is 10.0 Å². The molecule has 2 rings (SSSR count). The van der Waals surface area contributed by atoms with Crippen molar-refractivity contribution >= 4 is 21.6 Å². The van der Waals surface area contributed by atoms with Crippen molar-refractivity contribution in [3.63, 3.8) is 0 Å². The van der Waals surface area contributed by atoms with Crippen LogP contribution in [0, 0.1) is 0 Å². The van der Waals surface area contributed by atoms with Crippen LogP contribution in [0.1, 0.15) is 25.7 Å². The number of hydrogen-bond acceptors (Lipinski definition) is 3. The van der Waals surface area contributed by atoms with E-state index in [9.17, 15) is 13.2 Å². The van der Waals surface area contributed by atoms with E-state index in [4.69, 9.17) is 11.6 Å². The Balaban J connectivity index is 2.01. The molecule has 1 aromatic heterocycles. The van der Waals surface area contributed by atoms with Gasteiger partial charge in [-0.25, -0.2) is 13.1 Å². The number of nitrogens with one attached hydrogen (secondary N) is 2. The maximum absolute atomic E-state index is 12.0. The van der Waals surface area contributed by atoms with Gasteiger partial charge in [0.05, 0.1) is 4.90 Å². The van der Waals surface area contributed by atoms with E-state index in [0.717, 1.165) is 37.9 Å². The molecular weight excluding hydrogens is 288 g/mol. The smallest absolute Gasteiger partial charge is 0.266 e. The van der Waals surface area contributed by atoms with Crippen LogP contribution >= 0.6 is 11.6 Å². The lowest BCUT2D eigenvalue weighted by molar-refractivity contribution is 0.580. The highest BCUT2D eigenvalue weighted by Crippen LogP contribution is 2.20. The highest BCUT2D eigenvalue weighted by Gasteiger charge is 2.15. The molecule has 0 saturated carbocycles. The lowest BCUT2D eigenvalue weighted by Crippen LogP contribution is -2.26. The second-order valence-corrected chi connectivity index (χ2v) is 6.59. The molecule has 0 amide bonds. The zero-order chi connectivity index (χ0) is 13.9. The summed E-state index contributed by atoms with van der Waals surface area (Å²) in [5, 5.41) is -0.138. The summed E-state index contributed by atoms with van der Waals surface area (Å²) in [5.74, 6) is 0. The summed E-state index contributed by atoms with van der Waals surface area (Å²) in [5.41, 5.74) is 0.791. The number of rotatable bonds is 5. The molecule has 1 aromatic rings. The summed E-state index contributed by atoms with van der Waals surface area (Å²) >= 11 is 5.61. The Morgan fingerprint density at radius 1 is 1.42 bits per heavy atom. The van der Waals surface area contributed by atoms with Gasteiger partial charge in [0.2, 0.25) is 10.0 Å². The molecule has 0 saturated heterocycles. The Kier molecular flexibility index (Phi) is 4.44. The normalized spacial score (nSPS) is 15.5. The predicted octanol–water partition coefficient (Wildman–Crippen LogP) is 1.81. The third-order valence-corrected chi connectivity index (χ3v) is 4.74. The number of hydrogen-bond donors (Lipinski definition) is 2. The van der Waals surface area contributed by atoms with Gasteiger partial charge in [0.15, 0.2) is 0 Å². The molecule has 0 aliphatic heterocycles. The molecule has 2 N–H and O–H groups in total. The van der Waals surface area contributed by atoms with Gasteiger partial charge < -0.3 is 4.98 Å². The van der Waals surface area contributed by atoms with Crippen LogP contribution in [0.15, 0.2) is 33.6 Å². The summed E-state index contributed by atoms with van der Waals surface area (Å²) in [6.45, 7) is 0.352. The van der Waals surface area contributed by atoms with Crippen molar-refractivity contribution in [1.82, 2.24) is 9.71 Å². The van der Waals surface area contributed by atoms with Gasteiger partial charge in [-0.1, -0.05) is 23.3 Å². The number of aromatic amines is 1. The number of halogens is 1. The minimum absolute atomic E-state index is 0.0301. The summed E-state index contributed by atoms with van der Waals surface area (Å²) < 4.78 is 26.4. The van der Waals surface area contributed by atoms with Crippen molar-refractivity contribution in [3.8, 4) is 0 Å². The van der Waals surface area contributed by atoms with Crippen LogP contribution in [-0.4, -0.2) is 19.9 Å². The predicted molar refractivity (Wildman–Crippen MR) is 73.8 cm³/mol. The fraction of sp³-hybridized carbons (Fsp3) is 0.417. The number of aromatic nitrogens is 1. The summed E-state index contributed by atoms with van der Waals surface area (Å²) in [6.07, 6.45) is 7.30. The lowest BCUT2D eigenvalue weighted by Gasteiger charge is -2.07. The monoisotopic (exact) mass is 302 g/mol. The molecule has 0 unspecified atom stereocenters. The summed E-state index contributed by atoms with van der Waals surface area (Å²) in [7, 11) is -3.62. The average molecular weight is 303 g/mol. The standard InChI is InChI=1S/C12H15ClN2O3S/c13-11-7-10(8-14-12(11)16)19(17,18)15-6-5-9-3-1-2-4-9/h3,7-8,15H,1-2,4-6H2,(H,14,16). The van der Waals surface area contributed by atoms with E-state index >= 15 is 0 Å². The van der Waals surface area contributed by atoms with E-state index in [2.05, 4.69) is 15.8 Å². The number of allylic oxidation sites excluding steroid dienone is 1. The molecule has 1 aliphatic carbocycles. The number of sulfonamides is 1. The third-order valence-electron chi connectivity index (χ3n) is 3.01. The maximum Gasteiger partial charge on any atom is 0.266 e. The van der Waals surface area contributed by atoms with E-state index < -0.39 is 15.6 Å². The molecule has 19 heavy (non-hydrogen) atoms. The first-order chi connectivity index (χ1) is 8.99. The molecular formula is C12H15ClN2O3S. The van der Waals surface area contributed by atoms with Crippen molar-refractivity contribution < 1.29 is 8.42 Å². The van der Waals surface area contributed by atoms with Crippen LogP contribution in [0.2, 0.25) is 5.02 Å². The van der Waals surface area contributed by atoms with E-state index in [1.165, 1.54) is 5.57 Å². The first kappa shape index (κ1) is 14.3. The maximum atomic E-state index is 12.0. The van der Waals surface area contributed by atoms with Gasteiger partial charge in [-0.05, 0) is 31.7 Å². The van der Waals surface area contributed by atoms with Gasteiger partial charge in [0.25, 0.3) is 5.56 Å². The molecule has 7 heteroatoms. The first-order valence-corrected chi connectivity index (χ1v) is 7.91. The van der Waals surface area contributed by atoms with Crippen molar-refractivity contribution in [2.24, 2.45) is 0 Å². The molecule has 0 fully saturated rings. The quantitative estimate of drug-likeness (QED) is 0.814. The first-order valence-electron chi connectivity index (χ1n) is 6.05. The van der Waals surface area contributed by atoms with E-state index in [1.54, 1.807) is 0 Å². The van der Waals surface area contributed by atoms with Crippen LogP contribution in [0.25, 0.3) is 0 Å². The molecule has 0 bridgehead atoms. The minimum atomic E-state index is -3.62. The second kappa shape index (κ2) is 5.90. The number of H-pyrrole nitrogens is 1. The zero-order valence-electron chi connectivity index (χ0n) is 10.3. The van der Waals surface area contributed by atoms with Gasteiger partial charge in [-0.15, -0.1) is 0 Å². The van der Waals surface area contributed by atoms with Crippen LogP contribution in [0.3, 0.4) is 0 Å². The molecule has 0 spiro atoms. The van der Waals surface area contributed by atoms with Gasteiger partial charge in [-0.3, -0.25) is 4.79 Å². The molecule has 0 radical (unpaired) electrons. The Labute approximate surface area is 116 Å². The second-order valence-electron chi connectivity index (χ2n) is 4.41. The van der Waals surface area contributed by atoms with Crippen molar-refractivity contribution in [2.75, 3.05) is 6.54 Å². The van der Waals surface area contributed by atoms with E-state index in [-0.39, 0.29) is 9.92 Å². The van der Waals surface area contributed by atoms with Gasteiger partial charge >= 0.3 is 0 Å². The Bertz CT molecular complexity index is 649. The highest BCUT2D eigenvalue weighted by molar-refractivity contribution is 7.89. The molecule has 1 aliphatic rings. The van der Waals surface area contributed by atoms with Crippen LogP contribution < -0.4 is 10.3 Å². The SMILES string of the molecule is O=c1[nH]cc(S(=O)(=O)NCCC2=CCCC2)cc1Cl. The van der Waals surface area contributed by atoms with E-state index in [1.807, 2.05) is 0 Å². The summed E-state index contributed by atoms with van der Waals surface area (Å²) in [4.78, 5) is 13.3. The molecule has 0 aromatic carbocycles. The van der Waals surface area contributed by atoms with E-state index in [0.29, 0.717) is 6.54 Å². The van der Waals surface area contributed by atoms with Crippen molar-refractivity contribution in [2.45, 2.75) is 30.6 Å². The fourth-order valence-electron chi connectivity index (χ4n) is 1.99. The Hall–Kier alpha value is -1.11. The Morgan fingerprint density at radius 3 is 2.84 bits per heavy atom. The molecule has 5 nitrogen and oxygen atoms in total. The number of pyridine rings is 1. The molecule has 1 heterocycles. The van der Waals surface area contributed by atoms with Crippen LogP contribution in [0.4, 0.5) is 0 Å². The minimum Gasteiger partial charge on any atom is -0.326 e. The largest absolute Gasteiger partial charge is 0.326 e. The lowest BCUT2D eigenvalue weighted by atomic mass is 10.2. The highest BCUT2D eigenvalue weighted by atomic mass is 35.5. The topological polar surface area (TPSA) is 79.0 Å².